The third-order valence-corrected chi connectivity index (χ3v) is 8.72. The number of carbonyl (C=O) groups is 1. The first-order chi connectivity index (χ1) is 21.1. The Morgan fingerprint density at radius 1 is 0.907 bits per heavy atom. The van der Waals surface area contributed by atoms with E-state index < -0.39 is 0 Å². The number of benzene rings is 3. The summed E-state index contributed by atoms with van der Waals surface area (Å²) >= 11 is 0. The fraction of sp³-hybridized carbons (Fsp3) is 0.424. The molecule has 0 bridgehead atoms. The summed E-state index contributed by atoms with van der Waals surface area (Å²) in [6.45, 7) is 5.56. The van der Waals surface area contributed by atoms with Crippen LogP contribution in [0.4, 0.5) is 22.7 Å². The van der Waals surface area contributed by atoms with Crippen molar-refractivity contribution in [2.45, 2.75) is 37.8 Å². The Balaban J connectivity index is 0.977. The number of anilines is 4. The molecule has 226 valence electrons. The summed E-state index contributed by atoms with van der Waals surface area (Å²) in [7, 11) is 1.78. The average Bonchev–Trinajstić information content (AvgIpc) is 3.65. The Labute approximate surface area is 252 Å². The van der Waals surface area contributed by atoms with Gasteiger partial charge in [-0.3, -0.25) is 4.79 Å². The minimum absolute atomic E-state index is 0.00220. The Morgan fingerprint density at radius 3 is 2.44 bits per heavy atom. The molecule has 3 aromatic carbocycles. The molecule has 10 heteroatoms. The van der Waals surface area contributed by atoms with Crippen LogP contribution in [0.25, 0.3) is 0 Å². The van der Waals surface area contributed by atoms with Crippen LogP contribution in [0.1, 0.15) is 41.9 Å². The monoisotopic (exact) mass is 585 g/mol. The minimum atomic E-state index is -0.136. The van der Waals surface area contributed by atoms with Gasteiger partial charge in [-0.2, -0.15) is 0 Å². The number of carbonyl (C=O) groups excluding carboxylic acids is 1. The van der Waals surface area contributed by atoms with Gasteiger partial charge in [-0.25, -0.2) is 0 Å². The molecule has 0 radical (unpaired) electrons. The topological polar surface area (TPSA) is 96.6 Å². The standard InChI is InChI=1S/C33H39N5O5/c1-40-33-28-8-4-25(37-12-16-42-17-13-37)18-23(28)20-38(33)26-5-9-29-30(19-26)36-32(35-29)22-2-6-27(7-3-22)43-21-31(39)34-24-10-14-41-15-11-24/h2-9,18-19,24,32-33,35-36H,10-17,20-21H2,1H3,(H,34,39). The molecule has 0 aromatic heterocycles. The van der Waals surface area contributed by atoms with Crippen molar-refractivity contribution in [1.82, 2.24) is 5.32 Å². The molecule has 2 unspecified atom stereocenters. The molecule has 3 aromatic rings. The van der Waals surface area contributed by atoms with Gasteiger partial charge in [-0.05, 0) is 66.4 Å². The molecular formula is C33H39N5O5. The SMILES string of the molecule is COC1c2ccc(N3CCOCC3)cc2CN1c1ccc2c(c1)NC(c1ccc(OCC(=O)NC3CCOCC3)cc1)N2. The quantitative estimate of drug-likeness (QED) is 0.356. The first kappa shape index (κ1) is 27.8. The van der Waals surface area contributed by atoms with Crippen molar-refractivity contribution >= 4 is 28.7 Å². The number of morpholine rings is 1. The van der Waals surface area contributed by atoms with Gasteiger partial charge in [0.1, 0.15) is 11.9 Å². The number of fused-ring (bicyclic) bond motifs is 2. The summed E-state index contributed by atoms with van der Waals surface area (Å²) in [4.78, 5) is 17.0. The van der Waals surface area contributed by atoms with Crippen molar-refractivity contribution in [3.8, 4) is 5.75 Å². The van der Waals surface area contributed by atoms with E-state index in [4.69, 9.17) is 18.9 Å². The molecule has 1 amide bonds. The molecule has 10 nitrogen and oxygen atoms in total. The fourth-order valence-electron chi connectivity index (χ4n) is 6.39. The van der Waals surface area contributed by atoms with E-state index in [0.29, 0.717) is 19.0 Å². The van der Waals surface area contributed by atoms with Gasteiger partial charge < -0.3 is 44.7 Å². The number of hydrogen-bond donors (Lipinski definition) is 3. The predicted molar refractivity (Wildman–Crippen MR) is 166 cm³/mol. The van der Waals surface area contributed by atoms with Crippen LogP contribution in [0.3, 0.4) is 0 Å². The van der Waals surface area contributed by atoms with Gasteiger partial charge in [0.15, 0.2) is 12.8 Å². The van der Waals surface area contributed by atoms with Crippen molar-refractivity contribution in [1.29, 1.82) is 0 Å². The molecule has 4 aliphatic rings. The van der Waals surface area contributed by atoms with Crippen LogP contribution in [0.5, 0.6) is 5.75 Å². The molecule has 0 saturated carbocycles. The van der Waals surface area contributed by atoms with Gasteiger partial charge >= 0.3 is 0 Å². The van der Waals surface area contributed by atoms with Gasteiger partial charge in [0, 0.05) is 62.9 Å². The lowest BCUT2D eigenvalue weighted by Gasteiger charge is -2.29. The molecule has 4 aliphatic heterocycles. The minimum Gasteiger partial charge on any atom is -0.484 e. The molecule has 2 saturated heterocycles. The molecule has 43 heavy (non-hydrogen) atoms. The molecule has 3 N–H and O–H groups in total. The molecule has 0 aliphatic carbocycles. The van der Waals surface area contributed by atoms with Crippen molar-refractivity contribution in [3.05, 3.63) is 77.4 Å². The normalized spacial score (nSPS) is 21.5. The van der Waals surface area contributed by atoms with Gasteiger partial charge in [-0.1, -0.05) is 18.2 Å². The molecule has 7 rings (SSSR count). The van der Waals surface area contributed by atoms with Gasteiger partial charge in [-0.15, -0.1) is 0 Å². The zero-order chi connectivity index (χ0) is 29.2. The van der Waals surface area contributed by atoms with Gasteiger partial charge in [0.05, 0.1) is 24.6 Å². The Bertz CT molecular complexity index is 1440. The van der Waals surface area contributed by atoms with Gasteiger partial charge in [0.2, 0.25) is 0 Å². The van der Waals surface area contributed by atoms with E-state index in [-0.39, 0.29) is 30.9 Å². The van der Waals surface area contributed by atoms with E-state index in [0.717, 1.165) is 68.3 Å². The van der Waals surface area contributed by atoms with E-state index in [1.165, 1.54) is 16.8 Å². The zero-order valence-corrected chi connectivity index (χ0v) is 24.5. The van der Waals surface area contributed by atoms with Crippen LogP contribution in [0.2, 0.25) is 0 Å². The molecule has 2 atom stereocenters. The molecule has 4 heterocycles. The van der Waals surface area contributed by atoms with Crippen LogP contribution < -0.4 is 30.5 Å². The Kier molecular flexibility index (Phi) is 7.97. The lowest BCUT2D eigenvalue weighted by Crippen LogP contribution is -2.41. The van der Waals surface area contributed by atoms with Gasteiger partial charge in [0.25, 0.3) is 5.91 Å². The summed E-state index contributed by atoms with van der Waals surface area (Å²) < 4.78 is 22.6. The largest absolute Gasteiger partial charge is 0.484 e. The Hall–Kier alpha value is -3.99. The average molecular weight is 586 g/mol. The second kappa shape index (κ2) is 12.3. The van der Waals surface area contributed by atoms with E-state index in [2.05, 4.69) is 62.1 Å². The number of methoxy groups -OCH3 is 1. The maximum Gasteiger partial charge on any atom is 0.258 e. The summed E-state index contributed by atoms with van der Waals surface area (Å²) in [6, 6.07) is 21.2. The van der Waals surface area contributed by atoms with Crippen LogP contribution in [-0.2, 0) is 25.5 Å². The summed E-state index contributed by atoms with van der Waals surface area (Å²) in [5.41, 5.74) is 8.04. The number of rotatable bonds is 8. The van der Waals surface area contributed by atoms with E-state index in [9.17, 15) is 4.79 Å². The highest BCUT2D eigenvalue weighted by Crippen LogP contribution is 2.43. The molecule has 2 fully saturated rings. The first-order valence-electron chi connectivity index (χ1n) is 15.2. The highest BCUT2D eigenvalue weighted by atomic mass is 16.5. The third-order valence-electron chi connectivity index (χ3n) is 8.72. The van der Waals surface area contributed by atoms with Crippen LogP contribution in [0.15, 0.2) is 60.7 Å². The molecular weight excluding hydrogens is 546 g/mol. The highest BCUT2D eigenvalue weighted by Gasteiger charge is 2.32. The fourth-order valence-corrected chi connectivity index (χ4v) is 6.39. The number of nitrogens with zero attached hydrogens (tertiary/aromatic N) is 2. The molecule has 0 spiro atoms. The second-order valence-electron chi connectivity index (χ2n) is 11.5. The third kappa shape index (κ3) is 5.95. The van der Waals surface area contributed by atoms with E-state index in [1.54, 1.807) is 7.11 Å². The first-order valence-corrected chi connectivity index (χ1v) is 15.2. The lowest BCUT2D eigenvalue weighted by molar-refractivity contribution is -0.124. The lowest BCUT2D eigenvalue weighted by atomic mass is 10.1. The summed E-state index contributed by atoms with van der Waals surface area (Å²) in [5.74, 6) is 0.565. The van der Waals surface area contributed by atoms with Crippen LogP contribution >= 0.6 is 0 Å². The number of hydrogen-bond acceptors (Lipinski definition) is 9. The van der Waals surface area contributed by atoms with E-state index in [1.807, 2.05) is 24.3 Å². The second-order valence-corrected chi connectivity index (χ2v) is 11.5. The smallest absolute Gasteiger partial charge is 0.258 e. The van der Waals surface area contributed by atoms with Crippen molar-refractivity contribution < 1.29 is 23.7 Å². The predicted octanol–water partition coefficient (Wildman–Crippen LogP) is 4.40. The maximum absolute atomic E-state index is 12.3. The summed E-state index contributed by atoms with van der Waals surface area (Å²) in [6.07, 6.45) is 1.49. The Morgan fingerprint density at radius 2 is 1.65 bits per heavy atom. The maximum atomic E-state index is 12.3. The van der Waals surface area contributed by atoms with Crippen LogP contribution in [0, 0.1) is 0 Å². The zero-order valence-electron chi connectivity index (χ0n) is 24.5. The number of amides is 1. The van der Waals surface area contributed by atoms with Crippen molar-refractivity contribution in [2.24, 2.45) is 0 Å². The highest BCUT2D eigenvalue weighted by molar-refractivity contribution is 5.80. The number of ether oxygens (including phenoxy) is 4. The van der Waals surface area contributed by atoms with Crippen molar-refractivity contribution in [2.75, 3.05) is 73.7 Å². The van der Waals surface area contributed by atoms with E-state index >= 15 is 0 Å². The number of nitrogens with one attached hydrogen (secondary N) is 3. The van der Waals surface area contributed by atoms with Crippen LogP contribution in [-0.4, -0.2) is 65.2 Å². The summed E-state index contributed by atoms with van der Waals surface area (Å²) in [5, 5.41) is 10.2. The van der Waals surface area contributed by atoms with Crippen molar-refractivity contribution in [3.63, 3.8) is 0 Å².